The SMILES string of the molecule is CC(NC(=O)CNC(=O)NC1CCCCC1)c1ccc(OCC(=O)O)cc1. The summed E-state index contributed by atoms with van der Waals surface area (Å²) in [6.45, 7) is 1.33. The zero-order valence-corrected chi connectivity index (χ0v) is 15.5. The Bertz CT molecular complexity index is 641. The van der Waals surface area contributed by atoms with Gasteiger partial charge in [0.1, 0.15) is 5.75 Å². The van der Waals surface area contributed by atoms with Crippen molar-refractivity contribution in [2.45, 2.75) is 51.1 Å². The van der Waals surface area contributed by atoms with E-state index in [1.54, 1.807) is 24.3 Å². The van der Waals surface area contributed by atoms with Crippen LogP contribution in [0.2, 0.25) is 0 Å². The van der Waals surface area contributed by atoms with Crippen molar-refractivity contribution in [1.82, 2.24) is 16.0 Å². The van der Waals surface area contributed by atoms with Crippen LogP contribution in [0.3, 0.4) is 0 Å². The van der Waals surface area contributed by atoms with Crippen LogP contribution in [0.1, 0.15) is 50.6 Å². The summed E-state index contributed by atoms with van der Waals surface area (Å²) >= 11 is 0. The average molecular weight is 377 g/mol. The van der Waals surface area contributed by atoms with Crippen molar-refractivity contribution >= 4 is 17.9 Å². The molecule has 0 radical (unpaired) electrons. The van der Waals surface area contributed by atoms with E-state index < -0.39 is 12.6 Å². The first-order chi connectivity index (χ1) is 12.9. The van der Waals surface area contributed by atoms with Gasteiger partial charge in [-0.05, 0) is 37.5 Å². The molecule has 4 N–H and O–H groups in total. The van der Waals surface area contributed by atoms with Crippen molar-refractivity contribution < 1.29 is 24.2 Å². The number of aliphatic carboxylic acids is 1. The second-order valence-electron chi connectivity index (χ2n) is 6.70. The van der Waals surface area contributed by atoms with Crippen LogP contribution >= 0.6 is 0 Å². The van der Waals surface area contributed by atoms with Gasteiger partial charge in [0.15, 0.2) is 6.61 Å². The summed E-state index contributed by atoms with van der Waals surface area (Å²) in [6.07, 6.45) is 5.45. The van der Waals surface area contributed by atoms with Crippen LogP contribution in [0.15, 0.2) is 24.3 Å². The average Bonchev–Trinajstić information content (AvgIpc) is 2.66. The molecule has 1 fully saturated rings. The predicted octanol–water partition coefficient (Wildman–Crippen LogP) is 1.96. The molecule has 0 aromatic heterocycles. The Morgan fingerprint density at radius 3 is 2.44 bits per heavy atom. The number of urea groups is 1. The van der Waals surface area contributed by atoms with Gasteiger partial charge in [-0.2, -0.15) is 0 Å². The fraction of sp³-hybridized carbons (Fsp3) is 0.526. The number of carbonyl (C=O) groups is 3. The molecular formula is C19H27N3O5. The number of hydrogen-bond acceptors (Lipinski definition) is 4. The van der Waals surface area contributed by atoms with E-state index in [1.165, 1.54) is 6.42 Å². The molecule has 0 aliphatic heterocycles. The molecule has 1 saturated carbocycles. The Hall–Kier alpha value is -2.77. The van der Waals surface area contributed by atoms with Gasteiger partial charge in [-0.15, -0.1) is 0 Å². The molecule has 8 nitrogen and oxygen atoms in total. The van der Waals surface area contributed by atoms with Gasteiger partial charge in [-0.25, -0.2) is 9.59 Å². The quantitative estimate of drug-likeness (QED) is 0.552. The van der Waals surface area contributed by atoms with Crippen molar-refractivity contribution in [3.05, 3.63) is 29.8 Å². The predicted molar refractivity (Wildman–Crippen MR) is 99.5 cm³/mol. The fourth-order valence-corrected chi connectivity index (χ4v) is 3.02. The summed E-state index contributed by atoms with van der Waals surface area (Å²) in [7, 11) is 0. The zero-order chi connectivity index (χ0) is 19.6. The molecule has 1 aliphatic carbocycles. The smallest absolute Gasteiger partial charge is 0.341 e. The minimum Gasteiger partial charge on any atom is -0.482 e. The second-order valence-corrected chi connectivity index (χ2v) is 6.70. The topological polar surface area (TPSA) is 117 Å². The summed E-state index contributed by atoms with van der Waals surface area (Å²) in [5, 5.41) is 16.9. The third kappa shape index (κ3) is 7.55. The van der Waals surface area contributed by atoms with Gasteiger partial charge < -0.3 is 25.8 Å². The molecule has 0 spiro atoms. The molecule has 1 aromatic carbocycles. The second kappa shape index (κ2) is 10.4. The molecular weight excluding hydrogens is 350 g/mol. The van der Waals surface area contributed by atoms with Gasteiger partial charge >= 0.3 is 12.0 Å². The zero-order valence-electron chi connectivity index (χ0n) is 15.5. The summed E-state index contributed by atoms with van der Waals surface area (Å²) < 4.78 is 5.07. The Kier molecular flexibility index (Phi) is 7.91. The minimum atomic E-state index is -1.04. The molecule has 1 aliphatic rings. The van der Waals surface area contributed by atoms with Crippen molar-refractivity contribution in [2.24, 2.45) is 0 Å². The molecule has 3 amide bonds. The summed E-state index contributed by atoms with van der Waals surface area (Å²) in [4.78, 5) is 34.4. The molecule has 2 rings (SSSR count). The van der Waals surface area contributed by atoms with Crippen LogP contribution in [0.5, 0.6) is 5.75 Å². The lowest BCUT2D eigenvalue weighted by molar-refractivity contribution is -0.139. The van der Waals surface area contributed by atoms with Gasteiger partial charge in [0.05, 0.1) is 12.6 Å². The van der Waals surface area contributed by atoms with Gasteiger partial charge in [0, 0.05) is 6.04 Å². The van der Waals surface area contributed by atoms with E-state index in [2.05, 4.69) is 16.0 Å². The molecule has 0 heterocycles. The van der Waals surface area contributed by atoms with Gasteiger partial charge in [-0.3, -0.25) is 4.79 Å². The first-order valence-corrected chi connectivity index (χ1v) is 9.22. The van der Waals surface area contributed by atoms with Crippen molar-refractivity contribution in [2.75, 3.05) is 13.2 Å². The number of rotatable bonds is 8. The highest BCUT2D eigenvalue weighted by Gasteiger charge is 2.16. The highest BCUT2D eigenvalue weighted by molar-refractivity contribution is 5.84. The van der Waals surface area contributed by atoms with Gasteiger partial charge in [-0.1, -0.05) is 31.4 Å². The maximum atomic E-state index is 12.0. The number of nitrogens with one attached hydrogen (secondary N) is 3. The Morgan fingerprint density at radius 2 is 1.81 bits per heavy atom. The highest BCUT2D eigenvalue weighted by Crippen LogP contribution is 2.18. The molecule has 1 atom stereocenters. The molecule has 1 aromatic rings. The molecule has 0 saturated heterocycles. The lowest BCUT2D eigenvalue weighted by atomic mass is 9.96. The molecule has 0 bridgehead atoms. The van der Waals surface area contributed by atoms with E-state index in [4.69, 9.17) is 9.84 Å². The first kappa shape index (κ1) is 20.5. The molecule has 148 valence electrons. The highest BCUT2D eigenvalue weighted by atomic mass is 16.5. The van der Waals surface area contributed by atoms with E-state index in [0.717, 1.165) is 31.2 Å². The number of carbonyl (C=O) groups excluding carboxylic acids is 2. The van der Waals surface area contributed by atoms with E-state index in [-0.39, 0.29) is 30.6 Å². The number of hydrogen-bond donors (Lipinski definition) is 4. The van der Waals surface area contributed by atoms with Crippen LogP contribution in [-0.4, -0.2) is 42.2 Å². The van der Waals surface area contributed by atoms with Crippen LogP contribution < -0.4 is 20.7 Å². The van der Waals surface area contributed by atoms with Crippen LogP contribution in [0, 0.1) is 0 Å². The fourth-order valence-electron chi connectivity index (χ4n) is 3.02. The van der Waals surface area contributed by atoms with Gasteiger partial charge in [0.25, 0.3) is 0 Å². The van der Waals surface area contributed by atoms with Gasteiger partial charge in [0.2, 0.25) is 5.91 Å². The van der Waals surface area contributed by atoms with Crippen LogP contribution in [0.4, 0.5) is 4.79 Å². The Labute approximate surface area is 158 Å². The number of amides is 3. The Morgan fingerprint density at radius 1 is 1.15 bits per heavy atom. The molecule has 27 heavy (non-hydrogen) atoms. The monoisotopic (exact) mass is 377 g/mol. The molecule has 1 unspecified atom stereocenters. The standard InChI is InChI=1S/C19H27N3O5/c1-13(14-7-9-16(10-8-14)27-12-18(24)25)21-17(23)11-20-19(26)22-15-5-3-2-4-6-15/h7-10,13,15H,2-6,11-12H2,1H3,(H,21,23)(H,24,25)(H2,20,22,26). The van der Waals surface area contributed by atoms with Crippen molar-refractivity contribution in [1.29, 1.82) is 0 Å². The Balaban J connectivity index is 1.71. The van der Waals surface area contributed by atoms with E-state index >= 15 is 0 Å². The van der Waals surface area contributed by atoms with Crippen LogP contribution in [0.25, 0.3) is 0 Å². The lowest BCUT2D eigenvalue weighted by Crippen LogP contribution is -2.46. The first-order valence-electron chi connectivity index (χ1n) is 9.22. The summed E-state index contributed by atoms with van der Waals surface area (Å²) in [5.41, 5.74) is 0.845. The van der Waals surface area contributed by atoms with Crippen LogP contribution in [-0.2, 0) is 9.59 Å². The van der Waals surface area contributed by atoms with Crippen molar-refractivity contribution in [3.8, 4) is 5.75 Å². The van der Waals surface area contributed by atoms with E-state index in [0.29, 0.717) is 5.75 Å². The maximum absolute atomic E-state index is 12.0. The lowest BCUT2D eigenvalue weighted by Gasteiger charge is -2.23. The van der Waals surface area contributed by atoms with E-state index in [9.17, 15) is 14.4 Å². The maximum Gasteiger partial charge on any atom is 0.341 e. The number of ether oxygens (including phenoxy) is 1. The number of carboxylic acid groups (broad SMARTS) is 1. The minimum absolute atomic E-state index is 0.0945. The number of benzene rings is 1. The largest absolute Gasteiger partial charge is 0.482 e. The third-order valence-electron chi connectivity index (χ3n) is 4.47. The molecule has 8 heteroatoms. The van der Waals surface area contributed by atoms with E-state index in [1.807, 2.05) is 6.92 Å². The number of carboxylic acids is 1. The summed E-state index contributed by atoms with van der Waals surface area (Å²) in [6, 6.07) is 6.44. The van der Waals surface area contributed by atoms with Crippen molar-refractivity contribution in [3.63, 3.8) is 0 Å². The third-order valence-corrected chi connectivity index (χ3v) is 4.47. The normalized spacial score (nSPS) is 15.4. The summed E-state index contributed by atoms with van der Waals surface area (Å²) in [5.74, 6) is -0.882.